The number of aliphatic imine (C=N–C) groups is 1. The fraction of sp³-hybridized carbons (Fsp3) is 0.278. The molecule has 3 N–H and O–H groups in total. The summed E-state index contributed by atoms with van der Waals surface area (Å²) in [5, 5.41) is 15.7. The Morgan fingerprint density at radius 1 is 1.28 bits per heavy atom. The monoisotopic (exact) mass is 521 g/mol. The van der Waals surface area contributed by atoms with Gasteiger partial charge in [0.2, 0.25) is 0 Å². The molecule has 1 atom stereocenters. The van der Waals surface area contributed by atoms with Gasteiger partial charge in [-0.25, -0.2) is 4.39 Å². The number of guanidine groups is 1. The first-order chi connectivity index (χ1) is 11.5. The average molecular weight is 522 g/mol. The second kappa shape index (κ2) is 10.7. The van der Waals surface area contributed by atoms with Crippen molar-refractivity contribution >= 4 is 45.9 Å². The van der Waals surface area contributed by atoms with Crippen LogP contribution >= 0.6 is 39.9 Å². The Morgan fingerprint density at radius 2 is 2.00 bits per heavy atom. The number of aliphatic hydroxyl groups excluding tert-OH is 1. The van der Waals surface area contributed by atoms with Crippen LogP contribution in [0.1, 0.15) is 29.7 Å². The predicted octanol–water partition coefficient (Wildman–Crippen LogP) is 4.12. The Kier molecular flexibility index (Phi) is 9.37. The van der Waals surface area contributed by atoms with E-state index in [0.29, 0.717) is 18.1 Å². The Morgan fingerprint density at radius 3 is 2.64 bits per heavy atom. The smallest absolute Gasteiger partial charge is 0.191 e. The maximum Gasteiger partial charge on any atom is 0.191 e. The number of benzene rings is 2. The highest BCUT2D eigenvalue weighted by Crippen LogP contribution is 2.22. The molecular weight excluding hydrogens is 500 g/mol. The first kappa shape index (κ1) is 21.9. The van der Waals surface area contributed by atoms with Crippen LogP contribution in [0.25, 0.3) is 0 Å². The minimum atomic E-state index is -0.397. The van der Waals surface area contributed by atoms with E-state index in [1.165, 1.54) is 6.07 Å². The van der Waals surface area contributed by atoms with Gasteiger partial charge in [0.15, 0.2) is 5.96 Å². The minimum Gasteiger partial charge on any atom is -0.392 e. The lowest BCUT2D eigenvalue weighted by Crippen LogP contribution is -2.38. The number of aliphatic hydroxyl groups is 1. The van der Waals surface area contributed by atoms with Crippen molar-refractivity contribution in [2.24, 2.45) is 4.99 Å². The Balaban J connectivity index is 0.00000312. The standard InChI is InChI=1S/C18H21BrFN3O.HI/c1-12(15-5-3-4-6-16(15)19)23-18(21-2)22-10-13-7-8-17(20)14(9-13)11-24;/h3-9,12,24H,10-11H2,1-2H3,(H2,21,22,23);1H. The number of hydrogen-bond acceptors (Lipinski definition) is 2. The molecule has 25 heavy (non-hydrogen) atoms. The summed E-state index contributed by atoms with van der Waals surface area (Å²) in [6.07, 6.45) is 0. The van der Waals surface area contributed by atoms with Crippen molar-refractivity contribution in [3.63, 3.8) is 0 Å². The molecule has 2 rings (SSSR count). The van der Waals surface area contributed by atoms with Crippen LogP contribution in [0.15, 0.2) is 51.9 Å². The van der Waals surface area contributed by atoms with Gasteiger partial charge in [-0.1, -0.05) is 40.2 Å². The van der Waals surface area contributed by atoms with Gasteiger partial charge in [0.1, 0.15) is 5.82 Å². The lowest BCUT2D eigenvalue weighted by atomic mass is 10.1. The van der Waals surface area contributed by atoms with E-state index in [9.17, 15) is 4.39 Å². The van der Waals surface area contributed by atoms with Gasteiger partial charge < -0.3 is 15.7 Å². The molecule has 0 aliphatic heterocycles. The Hall–Kier alpha value is -1.19. The van der Waals surface area contributed by atoms with Gasteiger partial charge in [0.05, 0.1) is 12.6 Å². The van der Waals surface area contributed by atoms with Gasteiger partial charge in [-0.2, -0.15) is 0 Å². The molecule has 0 fully saturated rings. The molecule has 0 amide bonds. The maximum atomic E-state index is 13.4. The summed E-state index contributed by atoms with van der Waals surface area (Å²) < 4.78 is 14.4. The highest BCUT2D eigenvalue weighted by molar-refractivity contribution is 14.0. The van der Waals surface area contributed by atoms with Gasteiger partial charge in [-0.15, -0.1) is 24.0 Å². The van der Waals surface area contributed by atoms with Crippen LogP contribution in [0.4, 0.5) is 4.39 Å². The second-order valence-corrected chi connectivity index (χ2v) is 6.25. The number of hydrogen-bond donors (Lipinski definition) is 3. The minimum absolute atomic E-state index is 0. The molecule has 0 radical (unpaired) electrons. The Labute approximate surface area is 173 Å². The first-order valence-electron chi connectivity index (χ1n) is 7.65. The third kappa shape index (κ3) is 6.23. The molecule has 0 heterocycles. The third-order valence-electron chi connectivity index (χ3n) is 3.69. The van der Waals surface area contributed by atoms with E-state index in [-0.39, 0.29) is 36.6 Å². The molecule has 4 nitrogen and oxygen atoms in total. The SMILES string of the molecule is CN=C(NCc1ccc(F)c(CO)c1)NC(C)c1ccccc1Br.I. The fourth-order valence-electron chi connectivity index (χ4n) is 2.35. The van der Waals surface area contributed by atoms with Crippen LogP contribution in [0.5, 0.6) is 0 Å². The number of rotatable bonds is 5. The molecule has 1 unspecified atom stereocenters. The van der Waals surface area contributed by atoms with Crippen LogP contribution in [0.2, 0.25) is 0 Å². The topological polar surface area (TPSA) is 56.7 Å². The summed E-state index contributed by atoms with van der Waals surface area (Å²) in [4.78, 5) is 4.21. The van der Waals surface area contributed by atoms with Crippen molar-refractivity contribution in [1.29, 1.82) is 0 Å². The normalized spacial score (nSPS) is 12.3. The van der Waals surface area contributed by atoms with Gasteiger partial charge in [-0.05, 0) is 36.2 Å². The van der Waals surface area contributed by atoms with E-state index >= 15 is 0 Å². The molecule has 136 valence electrons. The van der Waals surface area contributed by atoms with Crippen molar-refractivity contribution in [2.45, 2.75) is 26.1 Å². The molecule has 0 spiro atoms. The quantitative estimate of drug-likeness (QED) is 0.315. The van der Waals surface area contributed by atoms with Crippen LogP contribution in [0, 0.1) is 5.82 Å². The van der Waals surface area contributed by atoms with Gasteiger partial charge in [-0.3, -0.25) is 4.99 Å². The molecule has 0 saturated carbocycles. The summed E-state index contributed by atoms with van der Waals surface area (Å²) in [7, 11) is 1.70. The third-order valence-corrected chi connectivity index (χ3v) is 4.41. The molecule has 0 aliphatic carbocycles. The lowest BCUT2D eigenvalue weighted by Gasteiger charge is -2.19. The number of halogens is 3. The largest absolute Gasteiger partial charge is 0.392 e. The summed E-state index contributed by atoms with van der Waals surface area (Å²) in [5.41, 5.74) is 2.29. The van der Waals surface area contributed by atoms with E-state index in [2.05, 4.69) is 38.5 Å². The molecule has 2 aromatic carbocycles. The van der Waals surface area contributed by atoms with E-state index in [1.807, 2.05) is 24.3 Å². The van der Waals surface area contributed by atoms with Gasteiger partial charge in [0, 0.05) is 23.6 Å². The van der Waals surface area contributed by atoms with Crippen LogP contribution in [-0.4, -0.2) is 18.1 Å². The van der Waals surface area contributed by atoms with Crippen molar-refractivity contribution in [2.75, 3.05) is 7.05 Å². The summed E-state index contributed by atoms with van der Waals surface area (Å²) >= 11 is 3.55. The zero-order chi connectivity index (χ0) is 17.5. The molecule has 0 aliphatic rings. The second-order valence-electron chi connectivity index (χ2n) is 5.40. The van der Waals surface area contributed by atoms with Gasteiger partial charge in [0.25, 0.3) is 0 Å². The van der Waals surface area contributed by atoms with Crippen LogP contribution in [0.3, 0.4) is 0 Å². The number of nitrogens with zero attached hydrogens (tertiary/aromatic N) is 1. The van der Waals surface area contributed by atoms with E-state index < -0.39 is 5.82 Å². The van der Waals surface area contributed by atoms with E-state index in [4.69, 9.17) is 5.11 Å². The fourth-order valence-corrected chi connectivity index (χ4v) is 2.98. The number of nitrogens with one attached hydrogen (secondary N) is 2. The molecule has 0 bridgehead atoms. The molecule has 0 aromatic heterocycles. The summed E-state index contributed by atoms with van der Waals surface area (Å²) in [6.45, 7) is 2.22. The average Bonchev–Trinajstić information content (AvgIpc) is 2.59. The van der Waals surface area contributed by atoms with Crippen LogP contribution in [-0.2, 0) is 13.2 Å². The van der Waals surface area contributed by atoms with Crippen molar-refractivity contribution < 1.29 is 9.50 Å². The zero-order valence-corrected chi connectivity index (χ0v) is 18.0. The van der Waals surface area contributed by atoms with E-state index in [0.717, 1.165) is 15.6 Å². The van der Waals surface area contributed by atoms with Crippen LogP contribution < -0.4 is 10.6 Å². The van der Waals surface area contributed by atoms with Crippen molar-refractivity contribution in [3.05, 3.63) is 69.4 Å². The molecule has 0 saturated heterocycles. The zero-order valence-electron chi connectivity index (χ0n) is 14.1. The molecule has 2 aromatic rings. The summed E-state index contributed by atoms with van der Waals surface area (Å²) in [5.74, 6) is 0.249. The van der Waals surface area contributed by atoms with Gasteiger partial charge >= 0.3 is 0 Å². The maximum absolute atomic E-state index is 13.4. The molecule has 7 heteroatoms. The van der Waals surface area contributed by atoms with Crippen molar-refractivity contribution in [1.82, 2.24) is 10.6 Å². The Bertz CT molecular complexity index is 727. The predicted molar refractivity (Wildman–Crippen MR) is 114 cm³/mol. The van der Waals surface area contributed by atoms with Crippen molar-refractivity contribution in [3.8, 4) is 0 Å². The summed E-state index contributed by atoms with van der Waals surface area (Å²) in [6, 6.07) is 12.8. The highest BCUT2D eigenvalue weighted by atomic mass is 127. The molecular formula is C18H22BrFIN3O. The first-order valence-corrected chi connectivity index (χ1v) is 8.44. The highest BCUT2D eigenvalue weighted by Gasteiger charge is 2.10. The van der Waals surface area contributed by atoms with E-state index in [1.54, 1.807) is 19.2 Å². The lowest BCUT2D eigenvalue weighted by molar-refractivity contribution is 0.275.